The maximum Gasteiger partial charge on any atom is 0.330 e. The van der Waals surface area contributed by atoms with E-state index in [1.165, 1.54) is 9.47 Å². The van der Waals surface area contributed by atoms with Crippen LogP contribution in [-0.2, 0) is 13.1 Å². The van der Waals surface area contributed by atoms with E-state index in [1.807, 2.05) is 38.2 Å². The van der Waals surface area contributed by atoms with Crippen molar-refractivity contribution in [2.45, 2.75) is 52.6 Å². The smallest absolute Gasteiger partial charge is 0.330 e. The highest BCUT2D eigenvalue weighted by Gasteiger charge is 2.25. The number of benzene rings is 1. The van der Waals surface area contributed by atoms with E-state index < -0.39 is 11.2 Å². The summed E-state index contributed by atoms with van der Waals surface area (Å²) in [5.41, 5.74) is 6.50. The van der Waals surface area contributed by atoms with E-state index in [0.717, 1.165) is 24.8 Å². The van der Waals surface area contributed by atoms with Gasteiger partial charge in [-0.1, -0.05) is 38.8 Å². The molecule has 0 atom stereocenters. The Labute approximate surface area is 186 Å². The molecule has 170 valence electrons. The maximum atomic E-state index is 13.4. The molecule has 3 aromatic rings. The number of nitrogens with one attached hydrogen (secondary N) is 1. The average molecular weight is 439 g/mol. The molecule has 0 aliphatic rings. The predicted molar refractivity (Wildman–Crippen MR) is 125 cm³/mol. The van der Waals surface area contributed by atoms with Gasteiger partial charge in [0.05, 0.1) is 6.54 Å². The lowest BCUT2D eigenvalue weighted by Gasteiger charge is -2.24. The molecule has 2 heterocycles. The molecule has 3 N–H and O–H groups in total. The Balaban J connectivity index is 1.95. The number of carbonyl (C=O) groups is 1. The molecule has 0 saturated carbocycles. The van der Waals surface area contributed by atoms with Crippen LogP contribution in [0, 0.1) is 0 Å². The third-order valence-corrected chi connectivity index (χ3v) is 5.30. The van der Waals surface area contributed by atoms with E-state index in [4.69, 9.17) is 5.73 Å². The Morgan fingerprint density at radius 2 is 1.84 bits per heavy atom. The molecule has 0 radical (unpaired) electrons. The number of aromatic nitrogens is 4. The van der Waals surface area contributed by atoms with Gasteiger partial charge in [-0.05, 0) is 36.6 Å². The zero-order chi connectivity index (χ0) is 23.1. The molecule has 0 aliphatic heterocycles. The summed E-state index contributed by atoms with van der Waals surface area (Å²) in [7, 11) is 0. The third-order valence-electron chi connectivity index (χ3n) is 5.30. The number of hydrogen-bond donors (Lipinski definition) is 2. The Morgan fingerprint density at radius 3 is 2.47 bits per heavy atom. The molecular weight excluding hydrogens is 408 g/mol. The number of nitrogen functional groups attached to an aromatic ring is 1. The molecule has 0 bridgehead atoms. The van der Waals surface area contributed by atoms with Crippen molar-refractivity contribution in [1.29, 1.82) is 0 Å². The van der Waals surface area contributed by atoms with Crippen LogP contribution in [0.5, 0.6) is 0 Å². The van der Waals surface area contributed by atoms with Gasteiger partial charge >= 0.3 is 5.69 Å². The number of unbranched alkanes of at least 4 members (excludes halogenated alkanes) is 2. The number of amides is 1. The zero-order valence-electron chi connectivity index (χ0n) is 18.6. The van der Waals surface area contributed by atoms with Crippen LogP contribution in [-0.4, -0.2) is 31.8 Å². The molecule has 1 amide bonds. The number of hydrogen-bond acceptors (Lipinski definition) is 5. The van der Waals surface area contributed by atoms with Crippen molar-refractivity contribution in [3.63, 3.8) is 0 Å². The monoisotopic (exact) mass is 438 g/mol. The Morgan fingerprint density at radius 1 is 1.12 bits per heavy atom. The molecule has 9 heteroatoms. The summed E-state index contributed by atoms with van der Waals surface area (Å²) in [5.74, 6) is -0.311. The van der Waals surface area contributed by atoms with Crippen molar-refractivity contribution < 1.29 is 4.79 Å². The van der Waals surface area contributed by atoms with Crippen LogP contribution in [0.3, 0.4) is 0 Å². The first kappa shape index (κ1) is 23.1. The third kappa shape index (κ3) is 5.16. The molecule has 0 saturated heterocycles. The second kappa shape index (κ2) is 10.6. The van der Waals surface area contributed by atoms with Gasteiger partial charge in [0.15, 0.2) is 5.69 Å². The molecule has 32 heavy (non-hydrogen) atoms. The van der Waals surface area contributed by atoms with Crippen LogP contribution in [0.2, 0.25) is 0 Å². The van der Waals surface area contributed by atoms with E-state index >= 15 is 0 Å². The minimum absolute atomic E-state index is 0.0203. The van der Waals surface area contributed by atoms with Crippen molar-refractivity contribution in [3.8, 4) is 0 Å². The Hall–Kier alpha value is -3.62. The van der Waals surface area contributed by atoms with Gasteiger partial charge in [-0.2, -0.15) is 5.10 Å². The number of rotatable bonds is 10. The number of anilines is 2. The lowest BCUT2D eigenvalue weighted by atomic mass is 10.1. The maximum absolute atomic E-state index is 13.4. The molecule has 1 aromatic carbocycles. The lowest BCUT2D eigenvalue weighted by molar-refractivity contribution is 0.0986. The fourth-order valence-corrected chi connectivity index (χ4v) is 3.50. The molecule has 0 aliphatic carbocycles. The molecular formula is C23H30N6O3. The average Bonchev–Trinajstić information content (AvgIpc) is 3.29. The van der Waals surface area contributed by atoms with Gasteiger partial charge in [0.1, 0.15) is 5.82 Å². The van der Waals surface area contributed by atoms with E-state index in [1.54, 1.807) is 23.0 Å². The standard InChI is InChI=1S/C23H30N6O3/c1-3-5-14-28(19-20(24)29(15-6-4-2)23(32)26-21(19)30)22(31)18-10-8-17(9-11-18)16-27-13-7-12-25-27/h7-13H,3-6,14-16,24H2,1-2H3,(H,26,30,32). The summed E-state index contributed by atoms with van der Waals surface area (Å²) in [6.07, 6.45) is 6.70. The van der Waals surface area contributed by atoms with E-state index in [0.29, 0.717) is 31.6 Å². The summed E-state index contributed by atoms with van der Waals surface area (Å²) < 4.78 is 3.13. The lowest BCUT2D eigenvalue weighted by Crippen LogP contribution is -2.41. The van der Waals surface area contributed by atoms with Crippen molar-refractivity contribution in [1.82, 2.24) is 19.3 Å². The topological polar surface area (TPSA) is 119 Å². The van der Waals surface area contributed by atoms with Crippen LogP contribution in [0.25, 0.3) is 0 Å². The number of nitrogens with two attached hydrogens (primary N) is 1. The zero-order valence-corrected chi connectivity index (χ0v) is 18.6. The minimum atomic E-state index is -0.653. The Kier molecular flexibility index (Phi) is 7.64. The molecule has 0 spiro atoms. The second-order valence-corrected chi connectivity index (χ2v) is 7.71. The van der Waals surface area contributed by atoms with Crippen molar-refractivity contribution in [2.24, 2.45) is 0 Å². The van der Waals surface area contributed by atoms with Crippen LogP contribution < -0.4 is 21.9 Å². The molecule has 2 aromatic heterocycles. The van der Waals surface area contributed by atoms with Crippen LogP contribution in [0.4, 0.5) is 11.5 Å². The summed E-state index contributed by atoms with van der Waals surface area (Å²) in [6.45, 7) is 5.30. The summed E-state index contributed by atoms with van der Waals surface area (Å²) in [5, 5.41) is 4.19. The molecule has 9 nitrogen and oxygen atoms in total. The van der Waals surface area contributed by atoms with E-state index in [-0.39, 0.29) is 17.4 Å². The molecule has 0 fully saturated rings. The summed E-state index contributed by atoms with van der Waals surface area (Å²) in [6, 6.07) is 9.05. The first-order valence-electron chi connectivity index (χ1n) is 11.0. The number of aromatic amines is 1. The fraction of sp³-hybridized carbons (Fsp3) is 0.391. The highest BCUT2D eigenvalue weighted by molar-refractivity contribution is 6.07. The number of carbonyl (C=O) groups excluding carboxylic acids is 1. The van der Waals surface area contributed by atoms with Gasteiger partial charge in [-0.15, -0.1) is 0 Å². The predicted octanol–water partition coefficient (Wildman–Crippen LogP) is 2.61. The fourth-order valence-electron chi connectivity index (χ4n) is 3.50. The van der Waals surface area contributed by atoms with Gasteiger partial charge in [0, 0.05) is 31.0 Å². The largest absolute Gasteiger partial charge is 0.383 e. The normalized spacial score (nSPS) is 10.9. The quantitative estimate of drug-likeness (QED) is 0.504. The highest BCUT2D eigenvalue weighted by Crippen LogP contribution is 2.21. The second-order valence-electron chi connectivity index (χ2n) is 7.71. The van der Waals surface area contributed by atoms with Gasteiger partial charge < -0.3 is 10.6 Å². The van der Waals surface area contributed by atoms with Crippen molar-refractivity contribution >= 4 is 17.4 Å². The van der Waals surface area contributed by atoms with Gasteiger partial charge in [-0.25, -0.2) is 4.79 Å². The van der Waals surface area contributed by atoms with Crippen molar-refractivity contribution in [3.05, 3.63) is 74.7 Å². The van der Waals surface area contributed by atoms with E-state index in [9.17, 15) is 14.4 Å². The van der Waals surface area contributed by atoms with Gasteiger partial charge in [0.25, 0.3) is 11.5 Å². The first-order valence-corrected chi connectivity index (χ1v) is 11.0. The molecule has 3 rings (SSSR count). The summed E-state index contributed by atoms with van der Waals surface area (Å²) >= 11 is 0. The number of H-pyrrole nitrogens is 1. The first-order chi connectivity index (χ1) is 15.5. The van der Waals surface area contributed by atoms with Crippen LogP contribution >= 0.6 is 0 Å². The minimum Gasteiger partial charge on any atom is -0.383 e. The SMILES string of the molecule is CCCCN(C(=O)c1ccc(Cn2cccn2)cc1)c1c(N)n(CCCC)c(=O)[nH]c1=O. The van der Waals surface area contributed by atoms with Gasteiger partial charge in [-0.3, -0.25) is 23.8 Å². The van der Waals surface area contributed by atoms with Crippen molar-refractivity contribution in [2.75, 3.05) is 17.2 Å². The van der Waals surface area contributed by atoms with E-state index in [2.05, 4.69) is 10.1 Å². The Bertz CT molecular complexity index is 1150. The molecule has 0 unspecified atom stereocenters. The number of nitrogens with zero attached hydrogens (tertiary/aromatic N) is 4. The van der Waals surface area contributed by atoms with Crippen LogP contribution in [0.15, 0.2) is 52.3 Å². The summed E-state index contributed by atoms with van der Waals surface area (Å²) in [4.78, 5) is 42.1. The van der Waals surface area contributed by atoms with Gasteiger partial charge in [0.2, 0.25) is 0 Å². The van der Waals surface area contributed by atoms with Crippen LogP contribution in [0.1, 0.15) is 55.5 Å². The highest BCUT2D eigenvalue weighted by atomic mass is 16.2.